The van der Waals surface area contributed by atoms with E-state index in [0.29, 0.717) is 0 Å². The van der Waals surface area contributed by atoms with E-state index in [-0.39, 0.29) is 5.78 Å². The third-order valence-corrected chi connectivity index (χ3v) is 7.30. The van der Waals surface area contributed by atoms with E-state index >= 15 is 0 Å². The van der Waals surface area contributed by atoms with E-state index in [1.807, 2.05) is 30.3 Å². The lowest BCUT2D eigenvalue weighted by molar-refractivity contribution is 0.102. The van der Waals surface area contributed by atoms with Gasteiger partial charge in [-0.2, -0.15) is 5.10 Å². The van der Waals surface area contributed by atoms with Gasteiger partial charge < -0.3 is 4.98 Å². The van der Waals surface area contributed by atoms with Crippen molar-refractivity contribution in [2.24, 2.45) is 0 Å². The number of hydrogen-bond donors (Lipinski definition) is 2. The molecule has 0 atom stereocenters. The molecule has 0 saturated carbocycles. The van der Waals surface area contributed by atoms with Gasteiger partial charge in [0.1, 0.15) is 11.2 Å². The molecule has 0 bridgehead atoms. The van der Waals surface area contributed by atoms with Gasteiger partial charge in [0.05, 0.1) is 21.8 Å². The first-order chi connectivity index (χ1) is 16.7. The molecule has 5 nitrogen and oxygen atoms in total. The second kappa shape index (κ2) is 8.39. The maximum absolute atomic E-state index is 11.8. The molecule has 4 aromatic heterocycles. The lowest BCUT2D eigenvalue weighted by atomic mass is 10.0. The molecule has 0 aliphatic heterocycles. The van der Waals surface area contributed by atoms with Crippen LogP contribution in [0.3, 0.4) is 0 Å². The molecule has 0 unspecified atom stereocenters. The van der Waals surface area contributed by atoms with E-state index in [9.17, 15) is 4.79 Å². The molecule has 0 saturated heterocycles. The molecule has 4 heterocycles. The number of rotatable bonds is 4. The molecule has 2 aliphatic carbocycles. The van der Waals surface area contributed by atoms with Crippen LogP contribution in [0.25, 0.3) is 33.6 Å². The number of ketones is 1. The minimum Gasteiger partial charge on any atom is -0.356 e. The number of aromatic amines is 2. The van der Waals surface area contributed by atoms with E-state index < -0.39 is 0 Å². The number of H-pyrrole nitrogens is 2. The topological polar surface area (TPSA) is 74.4 Å². The number of carbonyl (C=O) groups excluding carboxylic acids is 1. The van der Waals surface area contributed by atoms with E-state index in [1.54, 1.807) is 6.92 Å². The molecular formula is C28H22N4OS. The van der Waals surface area contributed by atoms with Crippen molar-refractivity contribution in [3.05, 3.63) is 106 Å². The third kappa shape index (κ3) is 3.62. The molecule has 34 heavy (non-hydrogen) atoms. The molecule has 0 amide bonds. The quantitative estimate of drug-likeness (QED) is 0.333. The van der Waals surface area contributed by atoms with Crippen molar-refractivity contribution < 1.29 is 4.79 Å². The van der Waals surface area contributed by atoms with Crippen LogP contribution in [0.1, 0.15) is 44.8 Å². The Bertz CT molecular complexity index is 1590. The summed E-state index contributed by atoms with van der Waals surface area (Å²) in [5.74, 6) is 0.0928. The van der Waals surface area contributed by atoms with Gasteiger partial charge in [-0.25, -0.2) is 4.98 Å². The normalized spacial score (nSPS) is 15.1. The Morgan fingerprint density at radius 2 is 2.03 bits per heavy atom. The number of hydrogen-bond acceptors (Lipinski definition) is 4. The molecule has 0 fully saturated rings. The van der Waals surface area contributed by atoms with Gasteiger partial charge in [-0.3, -0.25) is 9.89 Å². The third-order valence-electron chi connectivity index (χ3n) is 6.08. The summed E-state index contributed by atoms with van der Waals surface area (Å²) in [7, 11) is 0. The Morgan fingerprint density at radius 3 is 2.91 bits per heavy atom. The summed E-state index contributed by atoms with van der Waals surface area (Å²) in [6.07, 6.45) is 18.5. The van der Waals surface area contributed by atoms with Gasteiger partial charge in [-0.15, -0.1) is 11.3 Å². The monoisotopic (exact) mass is 462 g/mol. The van der Waals surface area contributed by atoms with Crippen LogP contribution in [-0.2, 0) is 6.42 Å². The summed E-state index contributed by atoms with van der Waals surface area (Å²) in [6, 6.07) is 10.2. The minimum absolute atomic E-state index is 0.0928. The molecule has 4 aromatic rings. The summed E-state index contributed by atoms with van der Waals surface area (Å²) >= 11 is 1.53. The number of nitrogens with one attached hydrogen (secondary N) is 2. The predicted octanol–water partition coefficient (Wildman–Crippen LogP) is 6.66. The number of thiophene rings is 1. The SMILES string of the molecule is CC(=O)c1ccc(C2=CC=CCc3[nH]c(-c4n[nH]c5ccc(C6=CCC=CC=C6)nc45)cc32)s1. The van der Waals surface area contributed by atoms with Crippen LogP contribution < -0.4 is 0 Å². The van der Waals surface area contributed by atoms with E-state index in [4.69, 9.17) is 4.98 Å². The first-order valence-corrected chi connectivity index (χ1v) is 12.1. The maximum atomic E-state index is 11.8. The van der Waals surface area contributed by atoms with E-state index in [0.717, 1.165) is 73.1 Å². The number of carbonyl (C=O) groups is 1. The van der Waals surface area contributed by atoms with E-state index in [2.05, 4.69) is 63.8 Å². The van der Waals surface area contributed by atoms with Crippen molar-refractivity contribution in [3.8, 4) is 11.4 Å². The van der Waals surface area contributed by atoms with Crippen LogP contribution in [0, 0.1) is 0 Å². The van der Waals surface area contributed by atoms with Crippen molar-refractivity contribution >= 4 is 39.3 Å². The Hall–Kier alpha value is -4.03. The van der Waals surface area contributed by atoms with Gasteiger partial charge in [-0.1, -0.05) is 48.6 Å². The van der Waals surface area contributed by atoms with Crippen molar-refractivity contribution in [1.29, 1.82) is 0 Å². The Morgan fingerprint density at radius 1 is 1.09 bits per heavy atom. The molecule has 0 spiro atoms. The first kappa shape index (κ1) is 20.6. The Kier molecular flexibility index (Phi) is 5.08. The standard InChI is InChI=1S/C28H22N4OS/c1-17(33)25-14-15-26(34-25)19-10-6-7-11-22-20(19)16-24(29-22)28-27-23(31-32-28)13-12-21(30-27)18-8-4-2-3-5-9-18/h2-4,6-10,12-16,29H,5,11H2,1H3,(H,31,32). The van der Waals surface area contributed by atoms with Crippen LogP contribution in [0.5, 0.6) is 0 Å². The number of pyridine rings is 1. The lowest BCUT2D eigenvalue weighted by Gasteiger charge is -2.03. The fourth-order valence-electron chi connectivity index (χ4n) is 4.37. The second-order valence-corrected chi connectivity index (χ2v) is 9.44. The number of nitrogens with zero attached hydrogens (tertiary/aromatic N) is 2. The highest BCUT2D eigenvalue weighted by Crippen LogP contribution is 2.37. The molecule has 2 aliphatic rings. The number of allylic oxidation sites excluding steroid dienone is 9. The second-order valence-electron chi connectivity index (χ2n) is 8.36. The van der Waals surface area contributed by atoms with Crippen LogP contribution in [-0.4, -0.2) is 25.9 Å². The smallest absolute Gasteiger partial charge is 0.169 e. The summed E-state index contributed by atoms with van der Waals surface area (Å²) in [6.45, 7) is 1.61. The van der Waals surface area contributed by atoms with Gasteiger partial charge >= 0.3 is 0 Å². The number of fused-ring (bicyclic) bond motifs is 2. The summed E-state index contributed by atoms with van der Waals surface area (Å²) in [4.78, 5) is 22.3. The number of Topliss-reactive ketones (excluding diaryl/α,β-unsaturated/α-hetero) is 1. The lowest BCUT2D eigenvalue weighted by Crippen LogP contribution is -1.89. The number of aromatic nitrogens is 4. The molecular weight excluding hydrogens is 440 g/mol. The highest BCUT2D eigenvalue weighted by Gasteiger charge is 2.20. The summed E-state index contributed by atoms with van der Waals surface area (Å²) in [5.41, 5.74) is 8.88. The molecule has 166 valence electrons. The van der Waals surface area contributed by atoms with Gasteiger partial charge in [0, 0.05) is 28.1 Å². The van der Waals surface area contributed by atoms with Gasteiger partial charge in [0.2, 0.25) is 0 Å². The van der Waals surface area contributed by atoms with Gasteiger partial charge in [0.15, 0.2) is 5.78 Å². The maximum Gasteiger partial charge on any atom is 0.169 e. The van der Waals surface area contributed by atoms with Gasteiger partial charge in [-0.05, 0) is 49.2 Å². The zero-order valence-corrected chi connectivity index (χ0v) is 19.4. The van der Waals surface area contributed by atoms with Crippen LogP contribution in [0.15, 0.2) is 78.9 Å². The van der Waals surface area contributed by atoms with E-state index in [1.165, 1.54) is 11.3 Å². The van der Waals surface area contributed by atoms with Crippen molar-refractivity contribution in [2.75, 3.05) is 0 Å². The fourth-order valence-corrected chi connectivity index (χ4v) is 5.31. The minimum atomic E-state index is 0.0928. The van der Waals surface area contributed by atoms with Crippen LogP contribution >= 0.6 is 11.3 Å². The average molecular weight is 463 g/mol. The molecule has 6 rings (SSSR count). The van der Waals surface area contributed by atoms with Crippen molar-refractivity contribution in [2.45, 2.75) is 19.8 Å². The highest BCUT2D eigenvalue weighted by molar-refractivity contribution is 7.15. The largest absolute Gasteiger partial charge is 0.356 e. The van der Waals surface area contributed by atoms with Gasteiger partial charge in [0.25, 0.3) is 0 Å². The highest BCUT2D eigenvalue weighted by atomic mass is 32.1. The average Bonchev–Trinajstić information content (AvgIpc) is 3.50. The zero-order chi connectivity index (χ0) is 23.1. The molecule has 0 aromatic carbocycles. The predicted molar refractivity (Wildman–Crippen MR) is 139 cm³/mol. The van der Waals surface area contributed by atoms with Crippen molar-refractivity contribution in [1.82, 2.24) is 20.2 Å². The first-order valence-electron chi connectivity index (χ1n) is 11.3. The summed E-state index contributed by atoms with van der Waals surface area (Å²) < 4.78 is 0. The zero-order valence-electron chi connectivity index (χ0n) is 18.6. The molecule has 6 heteroatoms. The van der Waals surface area contributed by atoms with Crippen molar-refractivity contribution in [3.63, 3.8) is 0 Å². The van der Waals surface area contributed by atoms with Crippen LogP contribution in [0.2, 0.25) is 0 Å². The summed E-state index contributed by atoms with van der Waals surface area (Å²) in [5, 5.41) is 7.75. The molecule has 2 N–H and O–H groups in total. The Balaban J connectivity index is 1.43. The van der Waals surface area contributed by atoms with Crippen LogP contribution in [0.4, 0.5) is 0 Å². The molecule has 0 radical (unpaired) electrons. The fraction of sp³-hybridized carbons (Fsp3) is 0.107. The Labute approximate surface area is 201 Å².